The first-order valence-electron chi connectivity index (χ1n) is 6.13. The van der Waals surface area contributed by atoms with Crippen LogP contribution in [0.3, 0.4) is 0 Å². The van der Waals surface area contributed by atoms with E-state index in [2.05, 4.69) is 11.1 Å². The fourth-order valence-corrected chi connectivity index (χ4v) is 2.12. The van der Waals surface area contributed by atoms with Gasteiger partial charge in [-0.05, 0) is 29.3 Å². The van der Waals surface area contributed by atoms with E-state index in [1.54, 1.807) is 12.3 Å². The molecule has 0 aliphatic rings. The summed E-state index contributed by atoms with van der Waals surface area (Å²) in [6, 6.07) is 19.4. The Morgan fingerprint density at radius 2 is 1.50 bits per heavy atom. The molecule has 0 unspecified atom stereocenters. The third-order valence-electron chi connectivity index (χ3n) is 3.07. The molecule has 0 saturated carbocycles. The molecule has 0 aliphatic heterocycles. The second-order valence-corrected chi connectivity index (χ2v) is 4.34. The van der Waals surface area contributed by atoms with Gasteiger partial charge in [-0.3, -0.25) is 4.98 Å². The number of para-hydroxylation sites is 1. The minimum atomic E-state index is 0. The van der Waals surface area contributed by atoms with E-state index in [9.17, 15) is 5.11 Å². The van der Waals surface area contributed by atoms with Crippen molar-refractivity contribution in [3.05, 3.63) is 73.1 Å². The fraction of sp³-hybridized carbons (Fsp3) is 0. The average Bonchev–Trinajstić information content (AvgIpc) is 2.49. The summed E-state index contributed by atoms with van der Waals surface area (Å²) in [5.41, 5.74) is 4.00. The van der Waals surface area contributed by atoms with Crippen molar-refractivity contribution < 1.29 is 5.11 Å². The number of phenols is 1. The van der Waals surface area contributed by atoms with Gasteiger partial charge in [0.1, 0.15) is 5.75 Å². The van der Waals surface area contributed by atoms with Crippen LogP contribution in [0.25, 0.3) is 22.3 Å². The van der Waals surface area contributed by atoms with Gasteiger partial charge in [-0.25, -0.2) is 0 Å². The Labute approximate surface area is 177 Å². The van der Waals surface area contributed by atoms with Gasteiger partial charge in [0.05, 0.1) is 0 Å². The molecular weight excluding hydrogens is 367 g/mol. The number of benzene rings is 2. The Morgan fingerprint density at radius 3 is 2.25 bits per heavy atom. The van der Waals surface area contributed by atoms with Gasteiger partial charge in [0.2, 0.25) is 0 Å². The number of aromatic nitrogens is 1. The topological polar surface area (TPSA) is 33.1 Å². The van der Waals surface area contributed by atoms with Crippen LogP contribution >= 0.6 is 0 Å². The molecule has 3 heteroatoms. The summed E-state index contributed by atoms with van der Waals surface area (Å²) in [4.78, 5) is 4.13. The van der Waals surface area contributed by atoms with Crippen molar-refractivity contribution in [3.8, 4) is 28.0 Å². The van der Waals surface area contributed by atoms with Crippen LogP contribution in [0.5, 0.6) is 5.75 Å². The molecule has 0 radical (unpaired) electrons. The molecular formula is C17H14CsNO. The number of phenolic OH excluding ortho intramolecular Hbond substituents is 1. The number of pyridine rings is 1. The maximum atomic E-state index is 9.91. The van der Waals surface area contributed by atoms with Crippen molar-refractivity contribution in [2.24, 2.45) is 0 Å². The van der Waals surface area contributed by atoms with Crippen molar-refractivity contribution >= 4 is 68.9 Å². The summed E-state index contributed by atoms with van der Waals surface area (Å²) in [5, 5.41) is 9.91. The van der Waals surface area contributed by atoms with Crippen molar-refractivity contribution in [1.82, 2.24) is 4.98 Å². The summed E-state index contributed by atoms with van der Waals surface area (Å²) < 4.78 is 0. The molecule has 0 atom stereocenters. The number of rotatable bonds is 2. The fourth-order valence-electron chi connectivity index (χ4n) is 2.12. The molecule has 0 aliphatic carbocycles. The second kappa shape index (κ2) is 7.45. The molecule has 20 heavy (non-hydrogen) atoms. The van der Waals surface area contributed by atoms with Gasteiger partial charge >= 0.3 is 68.9 Å². The van der Waals surface area contributed by atoms with Gasteiger partial charge in [-0.2, -0.15) is 0 Å². The molecule has 0 fully saturated rings. The van der Waals surface area contributed by atoms with Crippen molar-refractivity contribution in [3.63, 3.8) is 0 Å². The molecule has 1 heterocycles. The van der Waals surface area contributed by atoms with E-state index in [-0.39, 0.29) is 68.9 Å². The maximum absolute atomic E-state index is 9.91. The number of hydrogen-bond donors (Lipinski definition) is 1. The Balaban J connectivity index is 0.00000147. The van der Waals surface area contributed by atoms with E-state index in [1.165, 1.54) is 0 Å². The van der Waals surface area contributed by atoms with Crippen LogP contribution in [0.2, 0.25) is 0 Å². The quantitative estimate of drug-likeness (QED) is 0.738. The van der Waals surface area contributed by atoms with Crippen LogP contribution in [0.4, 0.5) is 0 Å². The Morgan fingerprint density at radius 1 is 0.750 bits per heavy atom. The summed E-state index contributed by atoms with van der Waals surface area (Å²) in [5.74, 6) is 0.297. The predicted molar refractivity (Wildman–Crippen MR) is 83.9 cm³/mol. The van der Waals surface area contributed by atoms with Crippen LogP contribution < -0.4 is 0 Å². The zero-order valence-electron chi connectivity index (χ0n) is 10.3. The van der Waals surface area contributed by atoms with Crippen LogP contribution in [0.1, 0.15) is 0 Å². The first kappa shape index (κ1) is 15.8. The first-order valence-corrected chi connectivity index (χ1v) is 6.13. The molecule has 3 rings (SSSR count). The summed E-state index contributed by atoms with van der Waals surface area (Å²) in [6.07, 6.45) is 3.60. The standard InChI is InChI=1S/C17H13NO.Cs.H/c19-17-9-2-1-8-16(17)14-6-3-5-13(11-14)15-7-4-10-18-12-15;;/h1-12,19H;;. The third kappa shape index (κ3) is 3.55. The average molecular weight is 381 g/mol. The molecule has 0 amide bonds. The van der Waals surface area contributed by atoms with E-state index < -0.39 is 0 Å². The van der Waals surface area contributed by atoms with Gasteiger partial charge in [0.15, 0.2) is 0 Å². The van der Waals surface area contributed by atoms with Gasteiger partial charge in [-0.15, -0.1) is 0 Å². The van der Waals surface area contributed by atoms with Crippen molar-refractivity contribution in [2.75, 3.05) is 0 Å². The Kier molecular flexibility index (Phi) is 5.89. The molecule has 1 aromatic heterocycles. The van der Waals surface area contributed by atoms with E-state index in [4.69, 9.17) is 0 Å². The van der Waals surface area contributed by atoms with Crippen molar-refractivity contribution in [2.45, 2.75) is 0 Å². The van der Waals surface area contributed by atoms with Gasteiger partial charge in [0.25, 0.3) is 0 Å². The van der Waals surface area contributed by atoms with E-state index in [0.29, 0.717) is 5.75 Å². The van der Waals surface area contributed by atoms with E-state index >= 15 is 0 Å². The monoisotopic (exact) mass is 381 g/mol. The van der Waals surface area contributed by atoms with Crippen LogP contribution in [0, 0.1) is 0 Å². The minimum absolute atomic E-state index is 0. The summed E-state index contributed by atoms with van der Waals surface area (Å²) in [7, 11) is 0. The molecule has 0 bridgehead atoms. The zero-order valence-corrected chi connectivity index (χ0v) is 10.3. The first-order chi connectivity index (χ1) is 9.34. The predicted octanol–water partition coefficient (Wildman–Crippen LogP) is 3.47. The molecule has 3 aromatic rings. The van der Waals surface area contributed by atoms with Gasteiger partial charge < -0.3 is 5.11 Å². The summed E-state index contributed by atoms with van der Waals surface area (Å²) in [6.45, 7) is 0. The second-order valence-electron chi connectivity index (χ2n) is 4.34. The van der Waals surface area contributed by atoms with Crippen LogP contribution in [-0.4, -0.2) is 79.0 Å². The third-order valence-corrected chi connectivity index (χ3v) is 3.07. The molecule has 0 saturated heterocycles. The molecule has 2 aromatic carbocycles. The van der Waals surface area contributed by atoms with E-state index in [1.807, 2.05) is 54.7 Å². The molecule has 0 spiro atoms. The Bertz CT molecular complexity index is 698. The molecule has 1 N–H and O–H groups in total. The van der Waals surface area contributed by atoms with Crippen molar-refractivity contribution in [1.29, 1.82) is 0 Å². The Hall–Kier alpha value is -0.558. The van der Waals surface area contributed by atoms with Gasteiger partial charge in [-0.1, -0.05) is 42.5 Å². The number of nitrogens with zero attached hydrogens (tertiary/aromatic N) is 1. The molecule has 2 nitrogen and oxygen atoms in total. The van der Waals surface area contributed by atoms with Crippen LogP contribution in [0.15, 0.2) is 73.1 Å². The summed E-state index contributed by atoms with van der Waals surface area (Å²) >= 11 is 0. The van der Waals surface area contributed by atoms with E-state index in [0.717, 1.165) is 22.3 Å². The van der Waals surface area contributed by atoms with Crippen LogP contribution in [-0.2, 0) is 0 Å². The molecule has 94 valence electrons. The number of aromatic hydroxyl groups is 1. The normalized spacial score (nSPS) is 9.80. The van der Waals surface area contributed by atoms with Gasteiger partial charge in [0, 0.05) is 23.5 Å². The SMILES string of the molecule is Oc1ccccc1-c1cccc(-c2cccnc2)c1.[CsH]. The number of hydrogen-bond acceptors (Lipinski definition) is 2. The zero-order chi connectivity index (χ0) is 13.1.